The van der Waals surface area contributed by atoms with Crippen LogP contribution in [0, 0.1) is 12.7 Å². The minimum Gasteiger partial charge on any atom is -0.378 e. The molecule has 1 aromatic heterocycles. The van der Waals surface area contributed by atoms with E-state index in [-0.39, 0.29) is 11.7 Å². The highest BCUT2D eigenvalue weighted by Crippen LogP contribution is 2.18. The Hall–Kier alpha value is -1.79. The maximum atomic E-state index is 13.5. The molecule has 6 heteroatoms. The summed E-state index contributed by atoms with van der Waals surface area (Å²) in [6.07, 6.45) is 0.460. The molecule has 0 radical (unpaired) electrons. The third-order valence-corrected chi connectivity index (χ3v) is 4.08. The molecule has 0 aliphatic carbocycles. The van der Waals surface area contributed by atoms with Crippen molar-refractivity contribution < 1.29 is 13.9 Å². The van der Waals surface area contributed by atoms with Gasteiger partial charge >= 0.3 is 0 Å². The fourth-order valence-corrected chi connectivity index (χ4v) is 2.89. The summed E-state index contributed by atoms with van der Waals surface area (Å²) in [7, 11) is 1.59. The van der Waals surface area contributed by atoms with E-state index in [1.165, 1.54) is 17.4 Å². The number of nitrogens with one attached hydrogen (secondary N) is 1. The van der Waals surface area contributed by atoms with Crippen LogP contribution in [-0.4, -0.2) is 24.5 Å². The van der Waals surface area contributed by atoms with Crippen LogP contribution in [0.4, 0.5) is 4.39 Å². The van der Waals surface area contributed by atoms with Gasteiger partial charge in [0.2, 0.25) is 0 Å². The number of aryl methyl sites for hydroxylation is 1. The van der Waals surface area contributed by atoms with Crippen LogP contribution in [0.15, 0.2) is 24.3 Å². The molecule has 0 saturated heterocycles. The van der Waals surface area contributed by atoms with Gasteiger partial charge < -0.3 is 10.1 Å². The second-order valence-electron chi connectivity index (χ2n) is 4.55. The first kappa shape index (κ1) is 15.6. The summed E-state index contributed by atoms with van der Waals surface area (Å²) in [5.74, 6) is -0.424. The van der Waals surface area contributed by atoms with Gasteiger partial charge in [-0.1, -0.05) is 18.2 Å². The van der Waals surface area contributed by atoms with Crippen LogP contribution in [0.25, 0.3) is 0 Å². The van der Waals surface area contributed by atoms with Crippen molar-refractivity contribution in [1.82, 2.24) is 10.3 Å². The summed E-state index contributed by atoms with van der Waals surface area (Å²) in [4.78, 5) is 16.9. The van der Waals surface area contributed by atoms with E-state index in [2.05, 4.69) is 10.3 Å². The van der Waals surface area contributed by atoms with E-state index in [0.717, 1.165) is 5.01 Å². The van der Waals surface area contributed by atoms with Gasteiger partial charge in [-0.3, -0.25) is 4.79 Å². The number of ether oxygens (including phenoxy) is 1. The molecular formula is C15H17FN2O2S. The number of amides is 1. The highest BCUT2D eigenvalue weighted by atomic mass is 32.1. The molecule has 0 bridgehead atoms. The Morgan fingerprint density at radius 2 is 2.19 bits per heavy atom. The summed E-state index contributed by atoms with van der Waals surface area (Å²) >= 11 is 1.32. The van der Waals surface area contributed by atoms with Crippen LogP contribution in [0.2, 0.25) is 0 Å². The molecule has 0 spiro atoms. The zero-order valence-electron chi connectivity index (χ0n) is 12.0. The molecule has 1 aromatic carbocycles. The van der Waals surface area contributed by atoms with Gasteiger partial charge in [0.25, 0.3) is 5.91 Å². The maximum Gasteiger partial charge on any atom is 0.263 e. The lowest BCUT2D eigenvalue weighted by atomic mass is 10.1. The zero-order chi connectivity index (χ0) is 15.2. The van der Waals surface area contributed by atoms with E-state index in [4.69, 9.17) is 4.74 Å². The Morgan fingerprint density at radius 3 is 2.90 bits per heavy atom. The molecule has 1 heterocycles. The minimum atomic E-state index is -0.247. The molecule has 0 unspecified atom stereocenters. The van der Waals surface area contributed by atoms with Crippen LogP contribution in [0.5, 0.6) is 0 Å². The number of rotatable bonds is 6. The molecule has 1 amide bonds. The molecule has 0 atom stereocenters. The van der Waals surface area contributed by atoms with Crippen molar-refractivity contribution in [3.63, 3.8) is 0 Å². The largest absolute Gasteiger partial charge is 0.378 e. The fourth-order valence-electron chi connectivity index (χ4n) is 1.94. The lowest BCUT2D eigenvalue weighted by Gasteiger charge is -2.05. The zero-order valence-corrected chi connectivity index (χ0v) is 12.8. The van der Waals surface area contributed by atoms with Crippen molar-refractivity contribution in [2.45, 2.75) is 20.0 Å². The summed E-state index contributed by atoms with van der Waals surface area (Å²) in [6, 6.07) is 6.57. The number of nitrogens with zero attached hydrogens (tertiary/aromatic N) is 1. The first-order chi connectivity index (χ1) is 10.1. The molecule has 1 N–H and O–H groups in total. The molecule has 0 saturated carbocycles. The molecule has 0 aliphatic heterocycles. The summed E-state index contributed by atoms with van der Waals surface area (Å²) in [6.45, 7) is 2.58. The van der Waals surface area contributed by atoms with Crippen molar-refractivity contribution in [2.24, 2.45) is 0 Å². The highest BCUT2D eigenvalue weighted by Gasteiger charge is 2.14. The predicted molar refractivity (Wildman–Crippen MR) is 80.0 cm³/mol. The molecule has 21 heavy (non-hydrogen) atoms. The van der Waals surface area contributed by atoms with Gasteiger partial charge in [0.1, 0.15) is 15.7 Å². The number of aromatic nitrogens is 1. The number of hydrogen-bond acceptors (Lipinski definition) is 4. The van der Waals surface area contributed by atoms with E-state index in [1.807, 2.05) is 0 Å². The van der Waals surface area contributed by atoms with Crippen molar-refractivity contribution in [3.8, 4) is 0 Å². The quantitative estimate of drug-likeness (QED) is 0.892. The molecule has 0 aliphatic rings. The Morgan fingerprint density at radius 1 is 1.43 bits per heavy atom. The number of benzene rings is 1. The van der Waals surface area contributed by atoms with Gasteiger partial charge in [-0.15, -0.1) is 11.3 Å². The van der Waals surface area contributed by atoms with Crippen molar-refractivity contribution in [1.29, 1.82) is 0 Å². The monoisotopic (exact) mass is 308 g/mol. The van der Waals surface area contributed by atoms with E-state index < -0.39 is 0 Å². The Labute approximate surface area is 127 Å². The number of halogens is 1. The van der Waals surface area contributed by atoms with Gasteiger partial charge in [-0.2, -0.15) is 0 Å². The number of methoxy groups -OCH3 is 1. The Kier molecular flexibility index (Phi) is 5.41. The SMILES string of the molecule is COCc1nc(C)c(C(=O)NCCc2ccccc2F)s1. The lowest BCUT2D eigenvalue weighted by molar-refractivity contribution is 0.0957. The van der Waals surface area contributed by atoms with E-state index in [1.54, 1.807) is 32.2 Å². The number of thiazole rings is 1. The Balaban J connectivity index is 1.91. The smallest absolute Gasteiger partial charge is 0.263 e. The fraction of sp³-hybridized carbons (Fsp3) is 0.333. The lowest BCUT2D eigenvalue weighted by Crippen LogP contribution is -2.25. The van der Waals surface area contributed by atoms with Crippen LogP contribution in [-0.2, 0) is 17.8 Å². The first-order valence-corrected chi connectivity index (χ1v) is 7.40. The first-order valence-electron chi connectivity index (χ1n) is 6.58. The van der Waals surface area contributed by atoms with E-state index in [0.29, 0.717) is 35.7 Å². The summed E-state index contributed by atoms with van der Waals surface area (Å²) < 4.78 is 18.5. The second kappa shape index (κ2) is 7.28. The highest BCUT2D eigenvalue weighted by molar-refractivity contribution is 7.13. The predicted octanol–water partition coefficient (Wildman–Crippen LogP) is 2.71. The maximum absolute atomic E-state index is 13.5. The molecular weight excluding hydrogens is 291 g/mol. The third kappa shape index (κ3) is 4.09. The molecule has 112 valence electrons. The standard InChI is InChI=1S/C15H17FN2O2S/c1-10-14(21-13(18-10)9-20-2)15(19)17-8-7-11-5-3-4-6-12(11)16/h3-6H,7-9H2,1-2H3,(H,17,19). The van der Waals surface area contributed by atoms with Gasteiger partial charge in [0.05, 0.1) is 12.3 Å². The van der Waals surface area contributed by atoms with Gasteiger partial charge in [-0.25, -0.2) is 9.37 Å². The third-order valence-electron chi connectivity index (χ3n) is 2.95. The van der Waals surface area contributed by atoms with Crippen LogP contribution >= 0.6 is 11.3 Å². The van der Waals surface area contributed by atoms with Gasteiger partial charge in [-0.05, 0) is 25.0 Å². The average molecular weight is 308 g/mol. The summed E-state index contributed by atoms with van der Waals surface area (Å²) in [5.41, 5.74) is 1.29. The van der Waals surface area contributed by atoms with Gasteiger partial charge in [0.15, 0.2) is 0 Å². The van der Waals surface area contributed by atoms with Gasteiger partial charge in [0, 0.05) is 13.7 Å². The molecule has 2 rings (SSSR count). The Bertz CT molecular complexity index is 628. The topological polar surface area (TPSA) is 51.2 Å². The number of carbonyl (C=O) groups excluding carboxylic acids is 1. The summed E-state index contributed by atoms with van der Waals surface area (Å²) in [5, 5.41) is 3.57. The van der Waals surface area contributed by atoms with Crippen LogP contribution in [0.1, 0.15) is 25.9 Å². The van der Waals surface area contributed by atoms with Crippen molar-refractivity contribution in [2.75, 3.05) is 13.7 Å². The van der Waals surface area contributed by atoms with Crippen molar-refractivity contribution >= 4 is 17.2 Å². The minimum absolute atomic E-state index is 0.177. The average Bonchev–Trinajstić information content (AvgIpc) is 2.82. The molecule has 4 nitrogen and oxygen atoms in total. The van der Waals surface area contributed by atoms with E-state index in [9.17, 15) is 9.18 Å². The second-order valence-corrected chi connectivity index (χ2v) is 5.64. The number of carbonyl (C=O) groups is 1. The van der Waals surface area contributed by atoms with E-state index >= 15 is 0 Å². The molecule has 2 aromatic rings. The van der Waals surface area contributed by atoms with Crippen molar-refractivity contribution in [3.05, 3.63) is 51.2 Å². The van der Waals surface area contributed by atoms with Crippen LogP contribution < -0.4 is 5.32 Å². The molecule has 0 fully saturated rings. The number of hydrogen-bond donors (Lipinski definition) is 1. The normalized spacial score (nSPS) is 10.6. The van der Waals surface area contributed by atoms with Crippen LogP contribution in [0.3, 0.4) is 0 Å².